The number of amides is 2. The minimum Gasteiger partial charge on any atom is -0.399 e. The van der Waals surface area contributed by atoms with Gasteiger partial charge in [0.15, 0.2) is 11.6 Å². The SMILES string of the molecule is C[N+]1(C(=O)[N+]2(C)CCC(C(=O)c3cccc(N)c3)CC2)CCC(C(=O)c2cccc(N)c2)CC1. The molecule has 2 aromatic rings. The van der Waals surface area contributed by atoms with E-state index >= 15 is 0 Å². The lowest BCUT2D eigenvalue weighted by Gasteiger charge is -2.44. The second kappa shape index (κ2) is 9.31. The van der Waals surface area contributed by atoms with E-state index in [1.54, 1.807) is 36.4 Å². The number of nitrogens with two attached hydrogens (primary N) is 2. The first-order valence-corrected chi connectivity index (χ1v) is 12.1. The summed E-state index contributed by atoms with van der Waals surface area (Å²) in [5.41, 5.74) is 14.2. The molecule has 0 aliphatic carbocycles. The number of nitrogen functional groups attached to an aromatic ring is 2. The highest BCUT2D eigenvalue weighted by Gasteiger charge is 2.51. The average molecular weight is 465 g/mol. The second-order valence-corrected chi connectivity index (χ2v) is 10.5. The van der Waals surface area contributed by atoms with Crippen LogP contribution < -0.4 is 11.5 Å². The highest BCUT2D eigenvalue weighted by molar-refractivity contribution is 5.99. The van der Waals surface area contributed by atoms with Gasteiger partial charge in [-0.1, -0.05) is 24.3 Å². The van der Waals surface area contributed by atoms with Gasteiger partial charge in [-0.15, -0.1) is 0 Å². The van der Waals surface area contributed by atoms with Gasteiger partial charge in [-0.3, -0.25) is 9.59 Å². The summed E-state index contributed by atoms with van der Waals surface area (Å²) in [6.07, 6.45) is 2.75. The number of carbonyl (C=O) groups is 3. The number of rotatable bonds is 4. The van der Waals surface area contributed by atoms with Crippen molar-refractivity contribution < 1.29 is 23.3 Å². The fourth-order valence-corrected chi connectivity index (χ4v) is 5.62. The maximum absolute atomic E-state index is 13.7. The minimum atomic E-state index is -0.0761. The molecule has 2 fully saturated rings. The molecule has 0 radical (unpaired) electrons. The largest absolute Gasteiger partial charge is 0.513 e. The normalized spacial score (nSPS) is 29.4. The summed E-state index contributed by atoms with van der Waals surface area (Å²) < 4.78 is 0.677. The monoisotopic (exact) mass is 464 g/mol. The molecule has 7 heteroatoms. The zero-order valence-corrected chi connectivity index (χ0v) is 20.2. The van der Waals surface area contributed by atoms with Crippen LogP contribution in [0.2, 0.25) is 0 Å². The van der Waals surface area contributed by atoms with Gasteiger partial charge in [0, 0.05) is 60.0 Å². The molecule has 0 atom stereocenters. The van der Waals surface area contributed by atoms with Crippen molar-refractivity contribution >= 4 is 29.0 Å². The van der Waals surface area contributed by atoms with Crippen LogP contribution in [0.25, 0.3) is 0 Å². The maximum atomic E-state index is 13.7. The maximum Gasteiger partial charge on any atom is 0.513 e. The number of piperidine rings is 2. The number of hydrogen-bond donors (Lipinski definition) is 2. The Hall–Kier alpha value is -3.03. The number of anilines is 2. The van der Waals surface area contributed by atoms with Crippen LogP contribution in [0.1, 0.15) is 46.4 Å². The van der Waals surface area contributed by atoms with Crippen LogP contribution in [0.3, 0.4) is 0 Å². The highest BCUT2D eigenvalue weighted by atomic mass is 16.2. The van der Waals surface area contributed by atoms with Crippen LogP contribution in [0.4, 0.5) is 16.2 Å². The summed E-state index contributed by atoms with van der Waals surface area (Å²) in [5.74, 6) is 0.0834. The number of hydrogen-bond acceptors (Lipinski definition) is 5. The molecule has 180 valence electrons. The first-order valence-electron chi connectivity index (χ1n) is 12.1. The summed E-state index contributed by atoms with van der Waals surface area (Å²) in [7, 11) is 3.99. The lowest BCUT2D eigenvalue weighted by atomic mass is 9.87. The molecule has 4 rings (SSSR count). The number of likely N-dealkylation sites (tertiary alicyclic amines) is 2. The Morgan fingerprint density at radius 3 is 1.35 bits per heavy atom. The summed E-state index contributed by atoms with van der Waals surface area (Å²) >= 11 is 0. The van der Waals surface area contributed by atoms with Gasteiger partial charge in [-0.05, 0) is 24.3 Å². The van der Waals surface area contributed by atoms with E-state index in [-0.39, 0.29) is 29.4 Å². The van der Waals surface area contributed by atoms with E-state index in [1.807, 2.05) is 26.2 Å². The second-order valence-electron chi connectivity index (χ2n) is 10.5. The Kier molecular flexibility index (Phi) is 6.60. The van der Waals surface area contributed by atoms with E-state index in [9.17, 15) is 14.4 Å². The van der Waals surface area contributed by atoms with Gasteiger partial charge in [0.1, 0.15) is 0 Å². The minimum absolute atomic E-state index is 0.0761. The fourth-order valence-electron chi connectivity index (χ4n) is 5.62. The zero-order chi connectivity index (χ0) is 24.5. The molecule has 2 aromatic carbocycles. The van der Waals surface area contributed by atoms with E-state index in [0.29, 0.717) is 83.3 Å². The first-order chi connectivity index (χ1) is 16.1. The lowest BCUT2D eigenvalue weighted by Crippen LogP contribution is -2.67. The smallest absolute Gasteiger partial charge is 0.399 e. The van der Waals surface area contributed by atoms with Crippen LogP contribution >= 0.6 is 0 Å². The van der Waals surface area contributed by atoms with Gasteiger partial charge in [0.2, 0.25) is 0 Å². The van der Waals surface area contributed by atoms with E-state index in [0.717, 1.165) is 0 Å². The quantitative estimate of drug-likeness (QED) is 0.407. The third kappa shape index (κ3) is 4.76. The standard InChI is InChI=1S/C27H36N4O3/c1-30(13-9-19(10-14-30)25(32)21-5-3-7-23(28)17-21)27(34)31(2)15-11-20(12-16-31)26(33)22-6-4-8-24(29)18-22/h3-8,17-20H,9-16,28-29H2,1-2H3/q+2. The number of benzene rings is 2. The summed E-state index contributed by atoms with van der Waals surface area (Å²) in [4.78, 5) is 39.6. The van der Waals surface area contributed by atoms with Crippen molar-refractivity contribution in [1.82, 2.24) is 0 Å². The van der Waals surface area contributed by atoms with Crippen molar-refractivity contribution in [2.24, 2.45) is 11.8 Å². The highest BCUT2D eigenvalue weighted by Crippen LogP contribution is 2.32. The summed E-state index contributed by atoms with van der Waals surface area (Å²) in [6.45, 7) is 2.60. The van der Waals surface area contributed by atoms with Gasteiger partial charge in [0.05, 0.1) is 40.3 Å². The third-order valence-corrected chi connectivity index (χ3v) is 7.89. The molecule has 7 nitrogen and oxygen atoms in total. The van der Waals surface area contributed by atoms with Crippen molar-refractivity contribution in [2.75, 3.05) is 51.7 Å². The Bertz CT molecular complexity index is 1010. The third-order valence-electron chi connectivity index (χ3n) is 7.89. The van der Waals surface area contributed by atoms with Crippen molar-refractivity contribution in [2.45, 2.75) is 25.7 Å². The molecule has 2 aliphatic heterocycles. The van der Waals surface area contributed by atoms with Crippen molar-refractivity contribution in [3.05, 3.63) is 59.7 Å². The Morgan fingerprint density at radius 1 is 0.676 bits per heavy atom. The molecular weight excluding hydrogens is 428 g/mol. The molecule has 34 heavy (non-hydrogen) atoms. The number of Topliss-reactive ketones (excluding diaryl/α,β-unsaturated/α-hetero) is 2. The molecule has 2 saturated heterocycles. The van der Waals surface area contributed by atoms with Crippen molar-refractivity contribution in [3.63, 3.8) is 0 Å². The molecule has 0 unspecified atom stereocenters. The molecule has 0 aromatic heterocycles. The fraction of sp³-hybridized carbons (Fsp3) is 0.444. The molecule has 2 amide bonds. The van der Waals surface area contributed by atoms with Gasteiger partial charge in [-0.2, -0.15) is 4.79 Å². The van der Waals surface area contributed by atoms with Gasteiger partial charge in [-0.25, -0.2) is 8.97 Å². The lowest BCUT2D eigenvalue weighted by molar-refractivity contribution is -0.960. The van der Waals surface area contributed by atoms with Crippen LogP contribution in [-0.2, 0) is 0 Å². The molecule has 0 bridgehead atoms. The molecule has 4 N–H and O–H groups in total. The molecular formula is C27H36N4O3+2. The summed E-state index contributed by atoms with van der Waals surface area (Å²) in [6, 6.07) is 14.4. The van der Waals surface area contributed by atoms with Crippen LogP contribution in [0.15, 0.2) is 48.5 Å². The molecule has 0 spiro atoms. The molecule has 0 saturated carbocycles. The summed E-state index contributed by atoms with van der Waals surface area (Å²) in [5, 5.41) is 0. The van der Waals surface area contributed by atoms with Gasteiger partial charge in [0.25, 0.3) is 0 Å². The van der Waals surface area contributed by atoms with E-state index in [2.05, 4.69) is 0 Å². The van der Waals surface area contributed by atoms with Gasteiger partial charge >= 0.3 is 6.03 Å². The number of carbonyl (C=O) groups excluding carboxylic acids is 3. The number of urea groups is 1. The number of ketones is 2. The van der Waals surface area contributed by atoms with Crippen LogP contribution in [-0.4, -0.2) is 66.8 Å². The zero-order valence-electron chi connectivity index (χ0n) is 20.2. The predicted molar refractivity (Wildman–Crippen MR) is 133 cm³/mol. The Morgan fingerprint density at radius 2 is 1.03 bits per heavy atom. The predicted octanol–water partition coefficient (Wildman–Crippen LogP) is 3.75. The Balaban J connectivity index is 1.36. The van der Waals surface area contributed by atoms with Crippen LogP contribution in [0.5, 0.6) is 0 Å². The molecule has 2 heterocycles. The molecule has 2 aliphatic rings. The Labute approximate surface area is 201 Å². The number of nitrogens with zero attached hydrogens (tertiary/aromatic N) is 2. The average Bonchev–Trinajstić information content (AvgIpc) is 2.83. The van der Waals surface area contributed by atoms with E-state index in [1.165, 1.54) is 0 Å². The van der Waals surface area contributed by atoms with Crippen molar-refractivity contribution in [1.29, 1.82) is 0 Å². The first kappa shape index (κ1) is 24.1. The van der Waals surface area contributed by atoms with Crippen molar-refractivity contribution in [3.8, 4) is 0 Å². The van der Waals surface area contributed by atoms with E-state index in [4.69, 9.17) is 11.5 Å². The number of quaternary nitrogens is 2. The van der Waals surface area contributed by atoms with Gasteiger partial charge < -0.3 is 11.5 Å². The topological polar surface area (TPSA) is 103 Å². The van der Waals surface area contributed by atoms with E-state index < -0.39 is 0 Å². The van der Waals surface area contributed by atoms with Crippen LogP contribution in [0, 0.1) is 11.8 Å².